The summed E-state index contributed by atoms with van der Waals surface area (Å²) in [4.78, 5) is 2.72. The van der Waals surface area contributed by atoms with Crippen molar-refractivity contribution in [3.63, 3.8) is 0 Å². The van der Waals surface area contributed by atoms with Crippen LogP contribution in [0.25, 0.3) is 0 Å². The highest BCUT2D eigenvalue weighted by molar-refractivity contribution is 7.89. The van der Waals surface area contributed by atoms with Gasteiger partial charge in [-0.25, -0.2) is 13.1 Å². The highest BCUT2D eigenvalue weighted by Gasteiger charge is 2.19. The van der Waals surface area contributed by atoms with E-state index in [4.69, 9.17) is 0 Å². The zero-order valence-electron chi connectivity index (χ0n) is 13.9. The molecule has 1 aromatic rings. The molecule has 4 nitrogen and oxygen atoms in total. The summed E-state index contributed by atoms with van der Waals surface area (Å²) in [6, 6.07) is 3.83. The molecule has 0 heterocycles. The van der Waals surface area contributed by atoms with Crippen LogP contribution in [0.5, 0.6) is 0 Å². The molecule has 0 atom stereocenters. The fourth-order valence-electron chi connectivity index (χ4n) is 2.71. The van der Waals surface area contributed by atoms with Crippen molar-refractivity contribution >= 4 is 10.0 Å². The first-order valence-corrected chi connectivity index (χ1v) is 9.10. The molecule has 5 heteroatoms. The Morgan fingerprint density at radius 3 is 2.05 bits per heavy atom. The van der Waals surface area contributed by atoms with Crippen molar-refractivity contribution in [3.8, 4) is 0 Å². The lowest BCUT2D eigenvalue weighted by atomic mass is 10.1. The quantitative estimate of drug-likeness (QED) is 0.751. The summed E-state index contributed by atoms with van der Waals surface area (Å²) in [6.07, 6.45) is 0.824. The van der Waals surface area contributed by atoms with Gasteiger partial charge in [-0.2, -0.15) is 0 Å². The first-order chi connectivity index (χ1) is 9.81. The van der Waals surface area contributed by atoms with E-state index in [0.29, 0.717) is 11.4 Å². The lowest BCUT2D eigenvalue weighted by molar-refractivity contribution is 0.300. The number of hydrogen-bond acceptors (Lipinski definition) is 3. The van der Waals surface area contributed by atoms with Gasteiger partial charge in [-0.3, -0.25) is 0 Å². The van der Waals surface area contributed by atoms with Gasteiger partial charge in [0.05, 0.1) is 4.90 Å². The average Bonchev–Trinajstić information content (AvgIpc) is 2.37. The van der Waals surface area contributed by atoms with Gasteiger partial charge in [0.15, 0.2) is 0 Å². The number of sulfonamides is 1. The van der Waals surface area contributed by atoms with Crippen LogP contribution in [0, 0.1) is 20.8 Å². The lowest BCUT2D eigenvalue weighted by Crippen LogP contribution is -2.30. The molecule has 0 spiro atoms. The Morgan fingerprint density at radius 1 is 1.05 bits per heavy atom. The van der Waals surface area contributed by atoms with Gasteiger partial charge in [-0.05, 0) is 58.0 Å². The summed E-state index contributed by atoms with van der Waals surface area (Å²) < 4.78 is 27.6. The summed E-state index contributed by atoms with van der Waals surface area (Å²) in [5, 5.41) is 0. The number of nitrogens with one attached hydrogen (secondary N) is 1. The van der Waals surface area contributed by atoms with Crippen LogP contribution < -0.4 is 4.72 Å². The number of nitrogens with zero attached hydrogens (tertiary/aromatic N) is 1. The lowest BCUT2D eigenvalue weighted by Gasteiger charge is -2.18. The predicted octanol–water partition coefficient (Wildman–Crippen LogP) is 2.62. The molecule has 0 aliphatic rings. The average molecular weight is 312 g/mol. The van der Waals surface area contributed by atoms with Crippen molar-refractivity contribution < 1.29 is 8.42 Å². The molecule has 1 N–H and O–H groups in total. The molecule has 120 valence electrons. The second-order valence-corrected chi connectivity index (χ2v) is 7.21. The van der Waals surface area contributed by atoms with E-state index >= 15 is 0 Å². The Kier molecular flexibility index (Phi) is 6.84. The molecule has 0 aromatic heterocycles. The topological polar surface area (TPSA) is 49.4 Å². The third-order valence-electron chi connectivity index (χ3n) is 3.71. The maximum atomic E-state index is 12.4. The van der Waals surface area contributed by atoms with Gasteiger partial charge in [0, 0.05) is 6.54 Å². The van der Waals surface area contributed by atoms with Gasteiger partial charge < -0.3 is 4.90 Å². The third kappa shape index (κ3) is 5.09. The molecule has 0 aliphatic heterocycles. The van der Waals surface area contributed by atoms with Crippen LogP contribution in [0.2, 0.25) is 0 Å². The number of hydrogen-bond donors (Lipinski definition) is 1. The standard InChI is InChI=1S/C16H28N2O2S/c1-6-18(7-2)10-8-9-17-21(19,20)16-14(4)11-13(3)12-15(16)5/h11-12,17H,6-10H2,1-5H3. The van der Waals surface area contributed by atoms with E-state index in [1.807, 2.05) is 32.9 Å². The van der Waals surface area contributed by atoms with Crippen LogP contribution >= 0.6 is 0 Å². The largest absolute Gasteiger partial charge is 0.304 e. The molecule has 0 amide bonds. The zero-order valence-corrected chi connectivity index (χ0v) is 14.7. The van der Waals surface area contributed by atoms with Gasteiger partial charge in [0.1, 0.15) is 0 Å². The van der Waals surface area contributed by atoms with Crippen LogP contribution in [0.4, 0.5) is 0 Å². The van der Waals surface area contributed by atoms with Crippen molar-refractivity contribution in [2.45, 2.75) is 45.9 Å². The van der Waals surface area contributed by atoms with Crippen molar-refractivity contribution in [1.29, 1.82) is 0 Å². The summed E-state index contributed by atoms with van der Waals surface area (Å²) in [5.41, 5.74) is 2.71. The molecule has 0 fully saturated rings. The molecule has 21 heavy (non-hydrogen) atoms. The molecule has 0 aliphatic carbocycles. The van der Waals surface area contributed by atoms with E-state index < -0.39 is 10.0 Å². The van der Waals surface area contributed by atoms with Crippen molar-refractivity contribution in [2.24, 2.45) is 0 Å². The molecule has 0 saturated heterocycles. The Balaban J connectivity index is 2.71. The van der Waals surface area contributed by atoms with E-state index in [0.717, 1.165) is 42.7 Å². The van der Waals surface area contributed by atoms with E-state index in [2.05, 4.69) is 23.5 Å². The van der Waals surface area contributed by atoms with Crippen molar-refractivity contribution in [3.05, 3.63) is 28.8 Å². The molecule has 0 unspecified atom stereocenters. The minimum absolute atomic E-state index is 0.427. The Labute approximate surface area is 129 Å². The van der Waals surface area contributed by atoms with E-state index in [9.17, 15) is 8.42 Å². The highest BCUT2D eigenvalue weighted by atomic mass is 32.2. The number of aryl methyl sites for hydroxylation is 3. The maximum absolute atomic E-state index is 12.4. The molecule has 0 saturated carbocycles. The summed E-state index contributed by atoms with van der Waals surface area (Å²) >= 11 is 0. The highest BCUT2D eigenvalue weighted by Crippen LogP contribution is 2.21. The number of benzene rings is 1. The van der Waals surface area contributed by atoms with Crippen LogP contribution in [0.1, 0.15) is 37.0 Å². The third-order valence-corrected chi connectivity index (χ3v) is 5.48. The van der Waals surface area contributed by atoms with Gasteiger partial charge in [-0.15, -0.1) is 0 Å². The molecule has 0 radical (unpaired) electrons. The first kappa shape index (κ1) is 18.1. The monoisotopic (exact) mass is 312 g/mol. The SMILES string of the molecule is CCN(CC)CCCNS(=O)(=O)c1c(C)cc(C)cc1C. The van der Waals surface area contributed by atoms with E-state index in [1.54, 1.807) is 0 Å². The van der Waals surface area contributed by atoms with Crippen molar-refractivity contribution in [2.75, 3.05) is 26.2 Å². The summed E-state index contributed by atoms with van der Waals surface area (Å²) in [7, 11) is -3.42. The zero-order chi connectivity index (χ0) is 16.0. The van der Waals surface area contributed by atoms with E-state index in [1.165, 1.54) is 0 Å². The number of rotatable bonds is 8. The Bertz CT molecular complexity index is 541. The van der Waals surface area contributed by atoms with Crippen LogP contribution in [-0.4, -0.2) is 39.5 Å². The molecule has 1 aromatic carbocycles. The molecule has 0 bridgehead atoms. The van der Waals surface area contributed by atoms with Crippen LogP contribution in [0.3, 0.4) is 0 Å². The predicted molar refractivity (Wildman–Crippen MR) is 88.2 cm³/mol. The van der Waals surface area contributed by atoms with Gasteiger partial charge >= 0.3 is 0 Å². The fourth-order valence-corrected chi connectivity index (χ4v) is 4.23. The van der Waals surface area contributed by atoms with Gasteiger partial charge in [-0.1, -0.05) is 31.5 Å². The normalized spacial score (nSPS) is 12.1. The van der Waals surface area contributed by atoms with Crippen LogP contribution in [0.15, 0.2) is 17.0 Å². The van der Waals surface area contributed by atoms with Gasteiger partial charge in [0.25, 0.3) is 0 Å². The maximum Gasteiger partial charge on any atom is 0.241 e. The second kappa shape index (κ2) is 7.92. The Hall–Kier alpha value is -0.910. The second-order valence-electron chi connectivity index (χ2n) is 5.51. The molecule has 1 rings (SSSR count). The summed E-state index contributed by atoms with van der Waals surface area (Å²) in [5.74, 6) is 0. The Morgan fingerprint density at radius 2 is 1.57 bits per heavy atom. The van der Waals surface area contributed by atoms with Crippen LogP contribution in [-0.2, 0) is 10.0 Å². The molecular weight excluding hydrogens is 284 g/mol. The smallest absolute Gasteiger partial charge is 0.241 e. The van der Waals surface area contributed by atoms with E-state index in [-0.39, 0.29) is 0 Å². The molecular formula is C16H28N2O2S. The fraction of sp³-hybridized carbons (Fsp3) is 0.625. The first-order valence-electron chi connectivity index (χ1n) is 7.61. The van der Waals surface area contributed by atoms with Gasteiger partial charge in [0.2, 0.25) is 10.0 Å². The minimum Gasteiger partial charge on any atom is -0.304 e. The van der Waals surface area contributed by atoms with Crippen molar-refractivity contribution in [1.82, 2.24) is 9.62 Å². The summed E-state index contributed by atoms with van der Waals surface area (Å²) in [6.45, 7) is 13.3. The minimum atomic E-state index is -3.42.